The number of aliphatic carboxylic acids is 2. The second-order valence-corrected chi connectivity index (χ2v) is 21.9. The van der Waals surface area contributed by atoms with Crippen LogP contribution < -0.4 is 30.2 Å². The van der Waals surface area contributed by atoms with Crippen molar-refractivity contribution >= 4 is 85.1 Å². The lowest BCUT2D eigenvalue weighted by Gasteiger charge is -2.35. The Hall–Kier alpha value is -6.66. The Labute approximate surface area is 446 Å². The maximum absolute atomic E-state index is 14.0. The van der Waals surface area contributed by atoms with Crippen LogP contribution in [0.3, 0.4) is 0 Å². The molecule has 76 heavy (non-hydrogen) atoms. The molecule has 0 spiro atoms. The van der Waals surface area contributed by atoms with Crippen molar-refractivity contribution in [2.24, 2.45) is 35.5 Å². The third kappa shape index (κ3) is 12.4. The molecule has 0 aromatic heterocycles. The molecule has 1 aliphatic carbocycles. The summed E-state index contributed by atoms with van der Waals surface area (Å²) in [6.07, 6.45) is 0.213. The summed E-state index contributed by atoms with van der Waals surface area (Å²) in [6.45, 7) is 12.4. The van der Waals surface area contributed by atoms with Crippen molar-refractivity contribution in [2.75, 3.05) is 56.5 Å². The van der Waals surface area contributed by atoms with Gasteiger partial charge < -0.3 is 34.9 Å². The minimum atomic E-state index is -5.14. The zero-order valence-electron chi connectivity index (χ0n) is 42.9. The number of rotatable bonds is 25. The Morgan fingerprint density at radius 2 is 1.39 bits per heavy atom. The number of nitrogens with zero attached hydrogens (tertiary/aromatic N) is 2. The molecule has 1 saturated heterocycles. The number of carboxylic acids is 2. The number of thiol groups is 1. The first-order valence-electron chi connectivity index (χ1n) is 25.0. The lowest BCUT2D eigenvalue weighted by molar-refractivity contribution is -0.165. The van der Waals surface area contributed by atoms with Gasteiger partial charge in [0.05, 0.1) is 40.6 Å². The van der Waals surface area contributed by atoms with E-state index in [4.69, 9.17) is 9.15 Å². The third-order valence-electron chi connectivity index (χ3n) is 14.1. The molecule has 1 fully saturated rings. The number of benzene rings is 4. The van der Waals surface area contributed by atoms with Gasteiger partial charge in [-0.15, -0.1) is 0 Å². The van der Waals surface area contributed by atoms with Crippen LogP contribution in [0.15, 0.2) is 99.1 Å². The molecule has 20 nitrogen and oxygen atoms in total. The number of carboxylic acid groups (broad SMARTS) is 2. The quantitative estimate of drug-likeness (QED) is 0.00792. The number of cyclic esters (lactones) is 2. The molecule has 0 bridgehead atoms. The zero-order chi connectivity index (χ0) is 55.8. The van der Waals surface area contributed by atoms with Crippen molar-refractivity contribution in [1.29, 1.82) is 0 Å². The van der Waals surface area contributed by atoms with Crippen LogP contribution in [0.25, 0.3) is 33.4 Å². The van der Waals surface area contributed by atoms with E-state index < -0.39 is 120 Å². The normalized spacial score (nSPS) is 16.8. The summed E-state index contributed by atoms with van der Waals surface area (Å²) < 4.78 is 80.9. The zero-order valence-corrected chi connectivity index (χ0v) is 45.4. The van der Waals surface area contributed by atoms with E-state index in [2.05, 4.69) is 37.5 Å². The molecule has 0 saturated carbocycles. The van der Waals surface area contributed by atoms with Gasteiger partial charge in [-0.05, 0) is 75.9 Å². The Balaban J connectivity index is 1.29. The maximum atomic E-state index is 14.0. The van der Waals surface area contributed by atoms with E-state index in [-0.39, 0.29) is 24.3 Å². The number of ether oxygens (including phenoxy) is 1. The van der Waals surface area contributed by atoms with Crippen LogP contribution in [0.1, 0.15) is 59.4 Å². The average Bonchev–Trinajstić information content (AvgIpc) is 3.67. The predicted molar refractivity (Wildman–Crippen MR) is 286 cm³/mol. The van der Waals surface area contributed by atoms with Gasteiger partial charge in [0.15, 0.2) is 0 Å². The molecule has 2 aliphatic heterocycles. The first kappa shape index (κ1) is 58.6. The number of carbonyl (C=O) groups is 6. The van der Waals surface area contributed by atoms with Crippen molar-refractivity contribution in [1.82, 2.24) is 19.9 Å². The molecular weight excluding hydrogens is 1040 g/mol. The smallest absolute Gasteiger partial charge is 0.318 e. The highest BCUT2D eigenvalue weighted by Crippen LogP contribution is 2.47. The van der Waals surface area contributed by atoms with E-state index in [0.717, 1.165) is 30.1 Å². The third-order valence-corrected chi connectivity index (χ3v) is 16.7. The van der Waals surface area contributed by atoms with Crippen molar-refractivity contribution < 1.29 is 69.5 Å². The highest BCUT2D eigenvalue weighted by atomic mass is 32.2. The second-order valence-electron chi connectivity index (χ2n) is 18.3. The van der Waals surface area contributed by atoms with E-state index >= 15 is 0 Å². The van der Waals surface area contributed by atoms with Gasteiger partial charge in [0.2, 0.25) is 27.2 Å². The van der Waals surface area contributed by atoms with E-state index in [1.54, 1.807) is 49.4 Å². The van der Waals surface area contributed by atoms with Gasteiger partial charge >= 0.3 is 23.9 Å². The Bertz CT molecular complexity index is 3270. The van der Waals surface area contributed by atoms with Crippen molar-refractivity contribution in [3.8, 4) is 22.5 Å². The molecule has 2 heterocycles. The summed E-state index contributed by atoms with van der Waals surface area (Å²) >= 11 is 4.08. The van der Waals surface area contributed by atoms with Crippen LogP contribution >= 0.6 is 12.6 Å². The maximum Gasteiger partial charge on any atom is 0.318 e. The van der Waals surface area contributed by atoms with Crippen molar-refractivity contribution in [3.63, 3.8) is 0 Å². The van der Waals surface area contributed by atoms with Crippen LogP contribution in [0.4, 0.5) is 5.69 Å². The van der Waals surface area contributed by atoms with Crippen molar-refractivity contribution in [3.05, 3.63) is 95.8 Å². The van der Waals surface area contributed by atoms with E-state index in [9.17, 15) is 60.4 Å². The number of amides is 2. The first-order valence-corrected chi connectivity index (χ1v) is 28.5. The van der Waals surface area contributed by atoms with Gasteiger partial charge in [-0.25, -0.2) is 17.7 Å². The number of sulfonamides is 1. The Kier molecular flexibility index (Phi) is 19.3. The fourth-order valence-electron chi connectivity index (χ4n) is 10.4. The Morgan fingerprint density at radius 1 is 0.750 bits per heavy atom. The first-order chi connectivity index (χ1) is 36.1. The second kappa shape index (κ2) is 25.0. The molecule has 23 heteroatoms. The summed E-state index contributed by atoms with van der Waals surface area (Å²) in [4.78, 5) is 82.2. The molecule has 408 valence electrons. The van der Waals surface area contributed by atoms with Crippen LogP contribution in [-0.2, 0) is 53.6 Å². The van der Waals surface area contributed by atoms with Crippen LogP contribution in [-0.4, -0.2) is 119 Å². The lowest BCUT2D eigenvalue weighted by atomic mass is 9.64. The number of nitrogens with one attached hydrogen (secondary N) is 3. The fraction of sp³-hybridized carbons (Fsp3) is 0.415. The molecule has 6 N–H and O–H groups in total. The van der Waals surface area contributed by atoms with Gasteiger partial charge in [0.1, 0.15) is 29.3 Å². The predicted octanol–water partition coefficient (Wildman–Crippen LogP) is 4.71. The van der Waals surface area contributed by atoms with Crippen LogP contribution in [0.2, 0.25) is 0 Å². The summed E-state index contributed by atoms with van der Waals surface area (Å²) in [5, 5.41) is 27.7. The van der Waals surface area contributed by atoms with Crippen molar-refractivity contribution in [2.45, 2.75) is 63.7 Å². The summed E-state index contributed by atoms with van der Waals surface area (Å²) in [5.41, 5.74) is 2.60. The highest BCUT2D eigenvalue weighted by molar-refractivity contribution is 7.89. The molecule has 3 aromatic carbocycles. The number of esters is 2. The lowest BCUT2D eigenvalue weighted by Crippen LogP contribution is -2.53. The molecule has 6 rings (SSSR count). The molecule has 3 aliphatic rings. The number of hydrogen-bond donors (Lipinski definition) is 7. The van der Waals surface area contributed by atoms with E-state index in [1.165, 1.54) is 6.07 Å². The molecule has 2 amide bonds. The molecule has 7 atom stereocenters. The molecule has 3 aromatic rings. The van der Waals surface area contributed by atoms with Gasteiger partial charge in [0.25, 0.3) is 10.1 Å². The Morgan fingerprint density at radius 3 is 1.99 bits per heavy atom. The summed E-state index contributed by atoms with van der Waals surface area (Å²) in [5.74, 6) is -20.0. The molecular formula is C53H64N5O15S3+. The van der Waals surface area contributed by atoms with Gasteiger partial charge in [-0.1, -0.05) is 50.2 Å². The average molecular weight is 1110 g/mol. The molecule has 7 unspecified atom stereocenters. The van der Waals surface area contributed by atoms with Gasteiger partial charge in [-0.3, -0.25) is 33.3 Å². The minimum absolute atomic E-state index is 0.0243. The number of carbonyl (C=O) groups excluding carboxylic acids is 4. The van der Waals surface area contributed by atoms with Gasteiger partial charge in [-0.2, -0.15) is 21.0 Å². The monoisotopic (exact) mass is 1110 g/mol. The number of fused-ring (bicyclic) bond motifs is 2. The SMILES string of the molecule is CCC(c1ccccc1)C1C(=O)OC(=O)C1C(C(=O)O)C(C(=O)NCCS)C(C(=O)O)C(C)C(=O)NCCNS(=O)(=O)c1ccc(-c2c3ccc(=[N+](CC)CC)cc-3oc3cc(N(CC)CC)ccc23)c(S(=O)(=O)O)c1. The highest BCUT2D eigenvalue weighted by Gasteiger charge is 2.59. The van der Waals surface area contributed by atoms with Gasteiger partial charge in [0, 0.05) is 84.3 Å². The fourth-order valence-corrected chi connectivity index (χ4v) is 12.3. The standard InChI is InChI=1S/C53H63N5O15S3/c1-7-35(31-15-13-12-14-16-31)44-47(53(66)73-52(44)65)46(51(63)64)45(49(60)55-25-26-74)42(50(61)62)30(6)48(59)54-23-24-56-75(67,68)34-19-22-38(41(29-34)76(69,70)71)43-36-20-17-32(57(8-2)9-3)27-39(36)72-40-28-33(18-21-37(40)43)58(10-4)11-5/h12-22,27-30,35,42,44-47,56H,7-11,23-26H2,1-6H3,(H5-,54,55,59,60,61,62,63,64,69,70,71,74)/p+1. The molecule has 0 radical (unpaired) electrons. The van der Waals surface area contributed by atoms with E-state index in [1.807, 2.05) is 52.0 Å². The summed E-state index contributed by atoms with van der Waals surface area (Å²) in [7, 11) is -9.76. The van der Waals surface area contributed by atoms with Crippen LogP contribution in [0.5, 0.6) is 0 Å². The van der Waals surface area contributed by atoms with E-state index in [0.29, 0.717) is 59.6 Å². The number of anilines is 1. The largest absolute Gasteiger partial charge is 0.481 e. The number of hydrogen-bond acceptors (Lipinski definition) is 14. The topological polar surface area (TPSA) is 296 Å². The minimum Gasteiger partial charge on any atom is -0.481 e. The van der Waals surface area contributed by atoms with Crippen LogP contribution in [0, 0.1) is 35.5 Å². The summed E-state index contributed by atoms with van der Waals surface area (Å²) in [6, 6.07) is 22.5.